The van der Waals surface area contributed by atoms with E-state index in [1.807, 2.05) is 6.08 Å². The monoisotopic (exact) mass is 762 g/mol. The molecule has 0 spiro atoms. The smallest absolute Gasteiger partial charge is 0.220 e. The fraction of sp³-hybridized carbons (Fsp3) is 0.898. The number of amides is 1. The first-order valence-electron chi connectivity index (χ1n) is 24.2. The third kappa shape index (κ3) is 42.0. The molecule has 54 heavy (non-hydrogen) atoms. The highest BCUT2D eigenvalue weighted by Crippen LogP contribution is 2.17. The standard InChI is InChI=1S/C49H95NO4/c1-2-3-4-5-6-7-8-25-28-31-34-37-40-43-48(53)47(46-52)50-49(54)44-41-38-35-32-29-26-23-21-19-17-15-13-11-9-10-12-14-16-18-20-22-24-27-30-33-36-39-42-45-51/h4-5,40,43,47-48,51-53H,2-3,6-39,41-42,44-46H2,1H3,(H,50,54)/b5-4-,43-40+/t47-,48+/m0/s1. The van der Waals surface area contributed by atoms with E-state index in [1.165, 1.54) is 212 Å². The Bertz CT molecular complexity index is 784. The van der Waals surface area contributed by atoms with Crippen LogP contribution in [0.25, 0.3) is 0 Å². The molecule has 0 aliphatic heterocycles. The van der Waals surface area contributed by atoms with Crippen LogP contribution in [0.4, 0.5) is 0 Å². The van der Waals surface area contributed by atoms with E-state index in [0.717, 1.165) is 32.1 Å². The second-order valence-electron chi connectivity index (χ2n) is 16.6. The van der Waals surface area contributed by atoms with Crippen LogP contribution >= 0.6 is 0 Å². The van der Waals surface area contributed by atoms with Gasteiger partial charge in [0.25, 0.3) is 0 Å². The Morgan fingerprint density at radius 2 is 0.759 bits per heavy atom. The summed E-state index contributed by atoms with van der Waals surface area (Å²) in [6, 6.07) is -0.625. The van der Waals surface area contributed by atoms with Gasteiger partial charge in [0.2, 0.25) is 5.91 Å². The highest BCUT2D eigenvalue weighted by Gasteiger charge is 2.18. The normalized spacial score (nSPS) is 13.0. The summed E-state index contributed by atoms with van der Waals surface area (Å²) < 4.78 is 0. The number of hydrogen-bond donors (Lipinski definition) is 4. The maximum Gasteiger partial charge on any atom is 0.220 e. The van der Waals surface area contributed by atoms with Crippen LogP contribution in [0.15, 0.2) is 24.3 Å². The highest BCUT2D eigenvalue weighted by molar-refractivity contribution is 5.76. The lowest BCUT2D eigenvalue weighted by Gasteiger charge is -2.20. The zero-order valence-electron chi connectivity index (χ0n) is 36.2. The van der Waals surface area contributed by atoms with Crippen molar-refractivity contribution in [3.8, 4) is 0 Å². The average molecular weight is 762 g/mol. The van der Waals surface area contributed by atoms with E-state index in [1.54, 1.807) is 6.08 Å². The largest absolute Gasteiger partial charge is 0.396 e. The van der Waals surface area contributed by atoms with Crippen molar-refractivity contribution in [2.45, 2.75) is 269 Å². The van der Waals surface area contributed by atoms with Gasteiger partial charge in [0.15, 0.2) is 0 Å². The van der Waals surface area contributed by atoms with E-state index >= 15 is 0 Å². The van der Waals surface area contributed by atoms with Gasteiger partial charge in [-0.25, -0.2) is 0 Å². The van der Waals surface area contributed by atoms with Crippen molar-refractivity contribution in [1.82, 2.24) is 5.32 Å². The summed E-state index contributed by atoms with van der Waals surface area (Å²) in [5, 5.41) is 31.8. The van der Waals surface area contributed by atoms with E-state index in [9.17, 15) is 15.0 Å². The molecule has 1 amide bonds. The SMILES string of the molecule is CCC/C=C\CCCCCCCC/C=C/[C@@H](O)[C@H](CO)NC(=O)CCCCCCCCCCCCCCCCCCCCCCCCCCCCCCO. The fourth-order valence-corrected chi connectivity index (χ4v) is 7.52. The molecule has 0 rings (SSSR count). The van der Waals surface area contributed by atoms with Gasteiger partial charge < -0.3 is 20.6 Å². The minimum atomic E-state index is -0.843. The van der Waals surface area contributed by atoms with Crippen molar-refractivity contribution >= 4 is 5.91 Å². The summed E-state index contributed by atoms with van der Waals surface area (Å²) >= 11 is 0. The van der Waals surface area contributed by atoms with E-state index in [2.05, 4.69) is 24.4 Å². The highest BCUT2D eigenvalue weighted by atomic mass is 16.3. The molecule has 5 nitrogen and oxygen atoms in total. The lowest BCUT2D eigenvalue weighted by molar-refractivity contribution is -0.123. The summed E-state index contributed by atoms with van der Waals surface area (Å²) in [6.45, 7) is 2.33. The minimum absolute atomic E-state index is 0.0665. The summed E-state index contributed by atoms with van der Waals surface area (Å²) in [7, 11) is 0. The molecule has 0 aromatic carbocycles. The molecule has 0 radical (unpaired) electrons. The number of aliphatic hydroxyl groups excluding tert-OH is 3. The van der Waals surface area contributed by atoms with Crippen LogP contribution in [0, 0.1) is 0 Å². The van der Waals surface area contributed by atoms with E-state index < -0.39 is 12.1 Å². The number of unbranched alkanes of at least 4 members (excludes halogenated alkanes) is 35. The maximum absolute atomic E-state index is 12.4. The topological polar surface area (TPSA) is 89.8 Å². The van der Waals surface area contributed by atoms with Gasteiger partial charge in [-0.05, 0) is 44.9 Å². The third-order valence-corrected chi connectivity index (χ3v) is 11.2. The number of hydrogen-bond acceptors (Lipinski definition) is 4. The van der Waals surface area contributed by atoms with Crippen LogP contribution in [-0.4, -0.2) is 46.6 Å². The molecule has 2 atom stereocenters. The lowest BCUT2D eigenvalue weighted by Crippen LogP contribution is -2.45. The van der Waals surface area contributed by atoms with Gasteiger partial charge in [0, 0.05) is 13.0 Å². The molecule has 0 bridgehead atoms. The van der Waals surface area contributed by atoms with Crippen LogP contribution < -0.4 is 5.32 Å². The summed E-state index contributed by atoms with van der Waals surface area (Å²) in [4.78, 5) is 12.4. The van der Waals surface area contributed by atoms with Crippen LogP contribution in [0.2, 0.25) is 0 Å². The second kappa shape index (κ2) is 46.2. The number of carbonyl (C=O) groups is 1. The summed E-state index contributed by atoms with van der Waals surface area (Å²) in [5.41, 5.74) is 0. The number of aliphatic hydroxyl groups is 3. The number of rotatable bonds is 45. The molecular weight excluding hydrogens is 667 g/mol. The quantitative estimate of drug-likeness (QED) is 0.0367. The molecule has 0 heterocycles. The minimum Gasteiger partial charge on any atom is -0.396 e. The van der Waals surface area contributed by atoms with Crippen LogP contribution in [0.5, 0.6) is 0 Å². The third-order valence-electron chi connectivity index (χ3n) is 11.2. The molecular formula is C49H95NO4. The van der Waals surface area contributed by atoms with Gasteiger partial charge in [0.05, 0.1) is 18.8 Å². The zero-order chi connectivity index (χ0) is 39.3. The van der Waals surface area contributed by atoms with Crippen molar-refractivity contribution in [3.63, 3.8) is 0 Å². The van der Waals surface area contributed by atoms with Crippen molar-refractivity contribution in [2.75, 3.05) is 13.2 Å². The molecule has 0 saturated carbocycles. The number of nitrogens with one attached hydrogen (secondary N) is 1. The van der Waals surface area contributed by atoms with E-state index in [-0.39, 0.29) is 12.5 Å². The van der Waals surface area contributed by atoms with Crippen molar-refractivity contribution < 1.29 is 20.1 Å². The van der Waals surface area contributed by atoms with Crippen LogP contribution in [-0.2, 0) is 4.79 Å². The summed E-state index contributed by atoms with van der Waals surface area (Å²) in [5.74, 6) is -0.0665. The molecule has 5 heteroatoms. The first-order valence-corrected chi connectivity index (χ1v) is 24.2. The van der Waals surface area contributed by atoms with Gasteiger partial charge in [-0.15, -0.1) is 0 Å². The number of allylic oxidation sites excluding steroid dienone is 3. The Morgan fingerprint density at radius 1 is 0.444 bits per heavy atom. The van der Waals surface area contributed by atoms with Crippen LogP contribution in [0.1, 0.15) is 257 Å². The second-order valence-corrected chi connectivity index (χ2v) is 16.6. The van der Waals surface area contributed by atoms with Gasteiger partial charge in [-0.1, -0.05) is 230 Å². The lowest BCUT2D eigenvalue weighted by atomic mass is 10.0. The van der Waals surface area contributed by atoms with Gasteiger partial charge in [0.1, 0.15) is 0 Å². The predicted molar refractivity (Wildman–Crippen MR) is 236 cm³/mol. The fourth-order valence-electron chi connectivity index (χ4n) is 7.52. The molecule has 0 aliphatic rings. The molecule has 0 aromatic heterocycles. The first-order chi connectivity index (χ1) is 26.7. The Kier molecular flexibility index (Phi) is 45.2. The molecule has 0 fully saturated rings. The van der Waals surface area contributed by atoms with E-state index in [0.29, 0.717) is 13.0 Å². The van der Waals surface area contributed by atoms with Gasteiger partial charge >= 0.3 is 0 Å². The van der Waals surface area contributed by atoms with E-state index in [4.69, 9.17) is 5.11 Å². The summed E-state index contributed by atoms with van der Waals surface area (Å²) in [6.07, 6.45) is 57.5. The predicted octanol–water partition coefficient (Wildman–Crippen LogP) is 14.2. The molecule has 0 unspecified atom stereocenters. The van der Waals surface area contributed by atoms with Crippen molar-refractivity contribution in [1.29, 1.82) is 0 Å². The molecule has 0 aromatic rings. The maximum atomic E-state index is 12.4. The molecule has 4 N–H and O–H groups in total. The zero-order valence-corrected chi connectivity index (χ0v) is 36.2. The molecule has 0 saturated heterocycles. The van der Waals surface area contributed by atoms with Gasteiger partial charge in [-0.3, -0.25) is 4.79 Å². The Hall–Kier alpha value is -1.17. The molecule has 320 valence electrons. The van der Waals surface area contributed by atoms with Crippen molar-refractivity contribution in [2.24, 2.45) is 0 Å². The van der Waals surface area contributed by atoms with Crippen LogP contribution in [0.3, 0.4) is 0 Å². The first kappa shape index (κ1) is 52.8. The average Bonchev–Trinajstić information content (AvgIpc) is 3.18. The number of carbonyl (C=O) groups excluding carboxylic acids is 1. The van der Waals surface area contributed by atoms with Gasteiger partial charge in [-0.2, -0.15) is 0 Å². The Balaban J connectivity index is 3.42. The Morgan fingerprint density at radius 3 is 1.11 bits per heavy atom. The van der Waals surface area contributed by atoms with Crippen molar-refractivity contribution in [3.05, 3.63) is 24.3 Å². The Labute approximate surface area is 337 Å². The molecule has 0 aliphatic carbocycles.